The Morgan fingerprint density at radius 3 is 2.57 bits per heavy atom. The average Bonchev–Trinajstić information content (AvgIpc) is 2.87. The van der Waals surface area contributed by atoms with Crippen molar-refractivity contribution < 1.29 is 4.92 Å². The summed E-state index contributed by atoms with van der Waals surface area (Å²) >= 11 is 5.98. The molecule has 106 valence electrons. The van der Waals surface area contributed by atoms with Crippen LogP contribution in [-0.2, 0) is 13.0 Å². The maximum absolute atomic E-state index is 10.6. The molecule has 4 nitrogen and oxygen atoms in total. The molecule has 0 radical (unpaired) electrons. The van der Waals surface area contributed by atoms with Crippen LogP contribution in [0.15, 0.2) is 54.7 Å². The van der Waals surface area contributed by atoms with Crippen molar-refractivity contribution in [3.05, 3.63) is 75.4 Å². The lowest BCUT2D eigenvalue weighted by atomic mass is 10.1. The molecule has 0 N–H and O–H groups in total. The molecule has 1 heterocycles. The molecule has 0 aliphatic heterocycles. The van der Waals surface area contributed by atoms with Crippen molar-refractivity contribution in [2.45, 2.75) is 13.0 Å². The predicted octanol–water partition coefficient (Wildman–Crippen LogP) is 4.45. The zero-order chi connectivity index (χ0) is 14.8. The van der Waals surface area contributed by atoms with Crippen molar-refractivity contribution in [1.82, 2.24) is 4.57 Å². The first kappa shape index (κ1) is 13.6. The number of hydrogen-bond acceptors (Lipinski definition) is 2. The maximum Gasteiger partial charge on any atom is 0.269 e. The third kappa shape index (κ3) is 2.90. The van der Waals surface area contributed by atoms with Crippen molar-refractivity contribution >= 4 is 28.2 Å². The van der Waals surface area contributed by atoms with E-state index >= 15 is 0 Å². The molecule has 1 aromatic heterocycles. The van der Waals surface area contributed by atoms with Gasteiger partial charge in [0.05, 0.1) is 4.92 Å². The van der Waals surface area contributed by atoms with Crippen molar-refractivity contribution in [2.24, 2.45) is 0 Å². The molecule has 0 spiro atoms. The summed E-state index contributed by atoms with van der Waals surface area (Å²) in [4.78, 5) is 10.2. The molecule has 0 unspecified atom stereocenters. The van der Waals surface area contributed by atoms with Gasteiger partial charge < -0.3 is 4.57 Å². The molecule has 0 atom stereocenters. The van der Waals surface area contributed by atoms with Gasteiger partial charge in [-0.1, -0.05) is 23.7 Å². The number of nitro benzene ring substituents is 1. The van der Waals surface area contributed by atoms with Gasteiger partial charge in [0.15, 0.2) is 0 Å². The molecule has 0 fully saturated rings. The molecule has 0 saturated heterocycles. The monoisotopic (exact) mass is 300 g/mol. The Labute approximate surface area is 126 Å². The highest BCUT2D eigenvalue weighted by Crippen LogP contribution is 2.21. The van der Waals surface area contributed by atoms with Crippen LogP contribution < -0.4 is 0 Å². The van der Waals surface area contributed by atoms with Crippen LogP contribution in [0.5, 0.6) is 0 Å². The second-order valence-corrected chi connectivity index (χ2v) is 5.32. The highest BCUT2D eigenvalue weighted by Gasteiger charge is 2.05. The summed E-state index contributed by atoms with van der Waals surface area (Å²) in [6.07, 6.45) is 2.86. The molecule has 0 bridgehead atoms. The van der Waals surface area contributed by atoms with Gasteiger partial charge >= 0.3 is 0 Å². The minimum absolute atomic E-state index is 0.125. The lowest BCUT2D eigenvalue weighted by Gasteiger charge is -2.06. The lowest BCUT2D eigenvalue weighted by molar-refractivity contribution is -0.384. The molecule has 3 aromatic rings. The van der Waals surface area contributed by atoms with Crippen molar-refractivity contribution in [3.63, 3.8) is 0 Å². The number of nitro groups is 1. The highest BCUT2D eigenvalue weighted by atomic mass is 35.5. The predicted molar refractivity (Wildman–Crippen MR) is 83.7 cm³/mol. The van der Waals surface area contributed by atoms with Gasteiger partial charge in [0.25, 0.3) is 5.69 Å². The third-order valence-electron chi connectivity index (χ3n) is 3.52. The van der Waals surface area contributed by atoms with E-state index in [0.29, 0.717) is 0 Å². The second kappa shape index (κ2) is 5.58. The van der Waals surface area contributed by atoms with E-state index < -0.39 is 0 Å². The van der Waals surface area contributed by atoms with E-state index in [0.717, 1.165) is 34.5 Å². The van der Waals surface area contributed by atoms with Crippen LogP contribution in [0.1, 0.15) is 5.56 Å². The topological polar surface area (TPSA) is 48.1 Å². The first-order valence-corrected chi connectivity index (χ1v) is 6.99. The zero-order valence-corrected chi connectivity index (χ0v) is 12.0. The fraction of sp³-hybridized carbons (Fsp3) is 0.125. The molecule has 5 heteroatoms. The normalized spacial score (nSPS) is 10.9. The van der Waals surface area contributed by atoms with Crippen LogP contribution in [0.2, 0.25) is 5.02 Å². The Bertz CT molecular complexity index is 794. The number of benzene rings is 2. The van der Waals surface area contributed by atoms with Crippen molar-refractivity contribution in [1.29, 1.82) is 0 Å². The first-order chi connectivity index (χ1) is 10.1. The van der Waals surface area contributed by atoms with Crippen LogP contribution in [-0.4, -0.2) is 9.49 Å². The summed E-state index contributed by atoms with van der Waals surface area (Å²) in [5.41, 5.74) is 2.34. The summed E-state index contributed by atoms with van der Waals surface area (Å²) in [6, 6.07) is 14.6. The van der Waals surface area contributed by atoms with E-state index in [4.69, 9.17) is 11.6 Å². The molecular weight excluding hydrogens is 288 g/mol. The quantitative estimate of drug-likeness (QED) is 0.528. The van der Waals surface area contributed by atoms with Gasteiger partial charge in [-0.2, -0.15) is 0 Å². The van der Waals surface area contributed by atoms with E-state index in [9.17, 15) is 10.1 Å². The number of aryl methyl sites for hydroxylation is 2. The summed E-state index contributed by atoms with van der Waals surface area (Å²) in [5.74, 6) is 0. The zero-order valence-electron chi connectivity index (χ0n) is 11.2. The highest BCUT2D eigenvalue weighted by molar-refractivity contribution is 6.31. The fourth-order valence-electron chi connectivity index (χ4n) is 2.40. The maximum atomic E-state index is 10.6. The van der Waals surface area contributed by atoms with Crippen molar-refractivity contribution in [3.8, 4) is 0 Å². The minimum Gasteiger partial charge on any atom is -0.347 e. The Morgan fingerprint density at radius 2 is 1.86 bits per heavy atom. The van der Waals surface area contributed by atoms with Gasteiger partial charge in [-0.25, -0.2) is 0 Å². The van der Waals surface area contributed by atoms with E-state index in [2.05, 4.69) is 4.57 Å². The number of rotatable bonds is 4. The van der Waals surface area contributed by atoms with Crippen molar-refractivity contribution in [2.75, 3.05) is 0 Å². The number of non-ortho nitro benzene ring substituents is 1. The average molecular weight is 301 g/mol. The van der Waals surface area contributed by atoms with Gasteiger partial charge in [0.1, 0.15) is 0 Å². The van der Waals surface area contributed by atoms with Crippen LogP contribution in [0.25, 0.3) is 10.9 Å². The summed E-state index contributed by atoms with van der Waals surface area (Å²) in [6.45, 7) is 0.822. The standard InChI is InChI=1S/C16H13ClN2O2/c17-14-3-6-16-13(11-14)8-10-18(16)9-7-12-1-4-15(5-2-12)19(20)21/h1-6,8,10-11H,7,9H2. The van der Waals surface area contributed by atoms with Gasteiger partial charge in [-0.15, -0.1) is 0 Å². The van der Waals surface area contributed by atoms with Crippen LogP contribution in [0, 0.1) is 10.1 Å². The summed E-state index contributed by atoms with van der Waals surface area (Å²) < 4.78 is 2.16. The third-order valence-corrected chi connectivity index (χ3v) is 3.76. The Balaban J connectivity index is 1.75. The molecule has 3 rings (SSSR count). The van der Waals surface area contributed by atoms with E-state index in [1.807, 2.05) is 30.5 Å². The van der Waals surface area contributed by atoms with Gasteiger partial charge in [0.2, 0.25) is 0 Å². The summed E-state index contributed by atoms with van der Waals surface area (Å²) in [7, 11) is 0. The van der Waals surface area contributed by atoms with E-state index in [1.165, 1.54) is 0 Å². The van der Waals surface area contributed by atoms with E-state index in [1.54, 1.807) is 24.3 Å². The van der Waals surface area contributed by atoms with Crippen LogP contribution >= 0.6 is 11.6 Å². The minimum atomic E-state index is -0.382. The largest absolute Gasteiger partial charge is 0.347 e. The number of fused-ring (bicyclic) bond motifs is 1. The number of nitrogens with zero attached hydrogens (tertiary/aromatic N) is 2. The Kier molecular flexibility index (Phi) is 3.62. The molecular formula is C16H13ClN2O2. The first-order valence-electron chi connectivity index (χ1n) is 6.61. The number of hydrogen-bond donors (Lipinski definition) is 0. The fourth-order valence-corrected chi connectivity index (χ4v) is 2.58. The molecule has 2 aromatic carbocycles. The smallest absolute Gasteiger partial charge is 0.269 e. The molecule has 0 saturated carbocycles. The lowest BCUT2D eigenvalue weighted by Crippen LogP contribution is -1.99. The summed E-state index contributed by atoms with van der Waals surface area (Å²) in [5, 5.41) is 12.5. The molecule has 0 aliphatic carbocycles. The van der Waals surface area contributed by atoms with E-state index in [-0.39, 0.29) is 10.6 Å². The van der Waals surface area contributed by atoms with Gasteiger partial charge in [-0.05, 0) is 36.2 Å². The van der Waals surface area contributed by atoms with Gasteiger partial charge in [-0.3, -0.25) is 10.1 Å². The Hall–Kier alpha value is -2.33. The van der Waals surface area contributed by atoms with Crippen LogP contribution in [0.4, 0.5) is 5.69 Å². The number of halogens is 1. The second-order valence-electron chi connectivity index (χ2n) is 4.89. The van der Waals surface area contributed by atoms with Crippen LogP contribution in [0.3, 0.4) is 0 Å². The Morgan fingerprint density at radius 1 is 1.10 bits per heavy atom. The SMILES string of the molecule is O=[N+]([O-])c1ccc(CCn2ccc3cc(Cl)ccc32)cc1. The molecule has 0 amide bonds. The number of aromatic nitrogens is 1. The molecule has 21 heavy (non-hydrogen) atoms. The van der Waals surface area contributed by atoms with Gasteiger partial charge in [0, 0.05) is 40.8 Å². The molecule has 0 aliphatic rings.